The second kappa shape index (κ2) is 23.1. The molecule has 0 amide bonds. The van der Waals surface area contributed by atoms with Gasteiger partial charge in [0.1, 0.15) is 0 Å². The van der Waals surface area contributed by atoms with Gasteiger partial charge >= 0.3 is 631 Å². The van der Waals surface area contributed by atoms with Crippen LogP contribution in [-0.2, 0) is 10.8 Å². The summed E-state index contributed by atoms with van der Waals surface area (Å²) in [7, 11) is 0. The topological polar surface area (TPSA) is 16.3 Å². The molecule has 0 unspecified atom stereocenters. The van der Waals surface area contributed by atoms with Gasteiger partial charge in [0.05, 0.1) is 0 Å². The molecule has 0 bridgehead atoms. The number of benzene rings is 13. The molecule has 480 valence electrons. The van der Waals surface area contributed by atoms with Crippen LogP contribution >= 0.6 is 0 Å². The van der Waals surface area contributed by atoms with Crippen molar-refractivity contribution in [2.24, 2.45) is 0 Å². The van der Waals surface area contributed by atoms with Crippen molar-refractivity contribution < 1.29 is 30.2 Å². The van der Waals surface area contributed by atoms with Gasteiger partial charge < -0.3 is 0 Å². The number of hydrogen-bond donors (Lipinski definition) is 0. The Morgan fingerprint density at radius 3 is 1.07 bits per heavy atom. The second-order valence-electron chi connectivity index (χ2n) is 28.1. The number of hydrogen-bond acceptors (Lipinski definition) is 2. The zero-order valence-corrected chi connectivity index (χ0v) is 59.2. The van der Waals surface area contributed by atoms with E-state index in [2.05, 4.69) is 65.8 Å². The van der Waals surface area contributed by atoms with E-state index in [1.807, 2.05) is 157 Å². The molecule has 100 heavy (non-hydrogen) atoms. The molecule has 0 atom stereocenters. The maximum absolute atomic E-state index is 11.8. The molecule has 4 nitrogen and oxygen atoms in total. The number of rotatable bonds is 9. The first-order chi connectivity index (χ1) is 57.9. The van der Waals surface area contributed by atoms with E-state index >= 15 is 0 Å². The summed E-state index contributed by atoms with van der Waals surface area (Å²) in [6.45, 7) is 15.2. The van der Waals surface area contributed by atoms with Crippen molar-refractivity contribution in [1.29, 1.82) is 0 Å². The predicted molar refractivity (Wildman–Crippen MR) is 431 cm³/mol. The van der Waals surface area contributed by atoms with E-state index in [-0.39, 0.29) is 112 Å². The van der Waals surface area contributed by atoms with E-state index in [0.717, 1.165) is 33.4 Å². The van der Waals surface area contributed by atoms with E-state index in [4.69, 9.17) is 5.48 Å². The first kappa shape index (κ1) is 41.9. The van der Waals surface area contributed by atoms with Crippen LogP contribution in [0.5, 0.6) is 0 Å². The molecule has 0 spiro atoms. The van der Waals surface area contributed by atoms with E-state index in [9.17, 15) is 24.7 Å². The third kappa shape index (κ3) is 9.47. The minimum absolute atomic E-state index is 0.00206. The summed E-state index contributed by atoms with van der Waals surface area (Å²) in [6, 6.07) is 39.4. The van der Waals surface area contributed by atoms with E-state index in [1.54, 1.807) is 0 Å². The van der Waals surface area contributed by atoms with Crippen molar-refractivity contribution in [1.82, 2.24) is 9.13 Å². The Labute approximate surface area is 628 Å². The standard InChI is InChI=1S/C93H73BN4Se2/c1-57(2)62-49-81-87-82(50-62)98(89-73(60-33-17-11-18-34-60)53-64(93(6,7)8)54-74(89)61-35-19-12-20-36-61)80-56-66(96-78-42-26-22-38-68(78)86-70-40-24-28-44-84(70)100-91(86)96)46-48-76(80)94(87)75-47-45-65(95-77-41-25-21-37-67(77)85-69-39-23-27-43-83(69)99-90(85)95)55-79(75)97(81)88-71(58-29-13-9-14-30-58)51-63(92(3,4)5)52-72(88)59-31-15-10-16-32-59/h9-57H,1-8H3/i21D,22D,23D,24D,25D,26D,27D,28D,37D,38D,39D,40D,41D,42D,43D,44D,45D,46D,47D,48D,55D,56D. The molecule has 0 radical (unpaired) electrons. The Morgan fingerprint density at radius 2 is 0.720 bits per heavy atom. The Kier molecular flexibility index (Phi) is 9.69. The molecule has 2 aliphatic heterocycles. The van der Waals surface area contributed by atoms with Crippen molar-refractivity contribution in [3.63, 3.8) is 0 Å². The molecular weight excluding hydrogens is 1340 g/mol. The zero-order valence-electron chi connectivity index (χ0n) is 77.8. The molecule has 0 saturated heterocycles. The molecule has 0 fully saturated rings. The Morgan fingerprint density at radius 1 is 0.380 bits per heavy atom. The van der Waals surface area contributed by atoms with Gasteiger partial charge in [-0.05, 0) is 0 Å². The van der Waals surface area contributed by atoms with Gasteiger partial charge in [-0.15, -0.1) is 0 Å². The van der Waals surface area contributed by atoms with E-state index in [1.165, 1.54) is 9.13 Å². The summed E-state index contributed by atoms with van der Waals surface area (Å²) >= 11 is -2.41. The first-order valence-corrected chi connectivity index (χ1v) is 36.8. The van der Waals surface area contributed by atoms with Gasteiger partial charge in [0.25, 0.3) is 0 Å². The van der Waals surface area contributed by atoms with Crippen LogP contribution in [0.2, 0.25) is 0 Å². The predicted octanol–water partition coefficient (Wildman–Crippen LogP) is 22.8. The molecule has 6 heterocycles. The molecule has 0 saturated carbocycles. The molecule has 2 aliphatic rings. The number of anilines is 6. The van der Waals surface area contributed by atoms with Gasteiger partial charge in [0.2, 0.25) is 0 Å². The zero-order chi connectivity index (χ0) is 86.6. The fourth-order valence-electron chi connectivity index (χ4n) is 14.9. The Hall–Kier alpha value is -10.4. The fraction of sp³-hybridized carbons (Fsp3) is 0.118. The van der Waals surface area contributed by atoms with Crippen LogP contribution in [0.4, 0.5) is 34.1 Å². The van der Waals surface area contributed by atoms with Crippen LogP contribution in [0.25, 0.3) is 117 Å². The van der Waals surface area contributed by atoms with E-state index in [0.29, 0.717) is 56.0 Å². The van der Waals surface area contributed by atoms with Gasteiger partial charge in [-0.3, -0.25) is 0 Å². The fourth-order valence-corrected chi connectivity index (χ4v) is 19.6. The van der Waals surface area contributed by atoms with Crippen molar-refractivity contribution >= 4 is 147 Å². The van der Waals surface area contributed by atoms with Crippen molar-refractivity contribution in [3.8, 4) is 55.9 Å². The maximum atomic E-state index is 11.8. The quantitative estimate of drug-likeness (QED) is 0.134. The third-order valence-corrected chi connectivity index (χ3v) is 24.3. The van der Waals surface area contributed by atoms with Crippen LogP contribution in [-0.4, -0.2) is 44.9 Å². The van der Waals surface area contributed by atoms with Crippen molar-refractivity contribution in [3.05, 3.63) is 307 Å². The van der Waals surface area contributed by atoms with Crippen LogP contribution in [0.1, 0.15) is 108 Å². The first-order valence-electron chi connectivity index (χ1n) is 44.4. The second-order valence-corrected chi connectivity index (χ2v) is 32.3. The minimum atomic E-state index is -1.55. The average molecular weight is 1440 g/mol. The summed E-state index contributed by atoms with van der Waals surface area (Å²) in [4.78, 5) is 3.94. The summed E-state index contributed by atoms with van der Waals surface area (Å²) in [5.41, 5.74) is 7.71. The van der Waals surface area contributed by atoms with Crippen LogP contribution in [0, 0.1) is 0 Å². The SMILES string of the molecule is [2H]c1c([2H])c(-n2c3[se]c4c([2H])c([2H])c([2H])c([2H])c4c3c3c([2H])c([2H])c([2H])c([2H])c32)c([2H])c2c1B1c3c(cc(C(C)C)cc3N(c3c(-c4ccccc4)cc(C(C)(C)C)cc3-c3ccccc3)c3c([2H])c(-n4c5[se]c6c([2H])c([2H])c([2H])c([2H])c6c5c5c([2H])c([2H])c([2H])c([2H])c54)c([2H])c([2H])c31)N2c1c(-c2ccccc2)cc(C(C)(C)C)cc1-c1ccccc1. The van der Waals surface area contributed by atoms with Gasteiger partial charge in [-0.2, -0.15) is 0 Å². The number of para-hydroxylation sites is 2. The average Bonchev–Trinajstić information content (AvgIpc) is 1.03. The van der Waals surface area contributed by atoms with Crippen LogP contribution < -0.4 is 26.2 Å². The number of nitrogens with zero attached hydrogens (tertiary/aromatic N) is 4. The monoisotopic (exact) mass is 1440 g/mol. The number of aromatic nitrogens is 2. The van der Waals surface area contributed by atoms with Crippen LogP contribution in [0.3, 0.4) is 0 Å². The molecule has 19 rings (SSSR count). The van der Waals surface area contributed by atoms with Gasteiger partial charge in [-0.25, -0.2) is 0 Å². The van der Waals surface area contributed by atoms with Gasteiger partial charge in [-0.1, -0.05) is 0 Å². The summed E-state index contributed by atoms with van der Waals surface area (Å²) in [5.74, 6) is -0.379. The third-order valence-electron chi connectivity index (χ3n) is 19.7. The molecule has 0 aliphatic carbocycles. The molecule has 4 aromatic heterocycles. The summed E-state index contributed by atoms with van der Waals surface area (Å²) < 4.78 is 224. The molecule has 13 aromatic carbocycles. The van der Waals surface area contributed by atoms with Crippen molar-refractivity contribution in [2.75, 3.05) is 9.80 Å². The Bertz CT molecular complexity index is 6980. The Balaban J connectivity index is 1.08. The molecular formula is C93H73BN4Se2. The molecule has 0 N–H and O–H groups in total. The summed E-state index contributed by atoms with van der Waals surface area (Å²) in [6.07, 6.45) is 0. The van der Waals surface area contributed by atoms with Gasteiger partial charge in [0, 0.05) is 0 Å². The normalized spacial score (nSPS) is 16.1. The van der Waals surface area contributed by atoms with E-state index < -0.39 is 167 Å². The molecule has 17 aromatic rings. The summed E-state index contributed by atoms with van der Waals surface area (Å²) in [5, 5.41) is -0.130. The van der Waals surface area contributed by atoms with Gasteiger partial charge in [0.15, 0.2) is 0 Å². The molecule has 7 heteroatoms. The number of fused-ring (bicyclic) bond motifs is 14. The van der Waals surface area contributed by atoms with Crippen molar-refractivity contribution in [2.45, 2.75) is 72.1 Å². The van der Waals surface area contributed by atoms with Crippen LogP contribution in [0.15, 0.2) is 291 Å².